The summed E-state index contributed by atoms with van der Waals surface area (Å²) in [5.41, 5.74) is 1.08. The van der Waals surface area contributed by atoms with Crippen LogP contribution in [0.25, 0.3) is 0 Å². The fourth-order valence-corrected chi connectivity index (χ4v) is 1.98. The molecule has 0 aromatic carbocycles. The first-order chi connectivity index (χ1) is 7.84. The Balaban J connectivity index is 1.57. The minimum absolute atomic E-state index is 0.0168. The van der Waals surface area contributed by atoms with E-state index in [0.717, 1.165) is 51.3 Å². The molecule has 0 amide bonds. The van der Waals surface area contributed by atoms with Crippen LogP contribution in [-0.2, 0) is 11.2 Å². The summed E-state index contributed by atoms with van der Waals surface area (Å²) < 4.78 is 10.1. The molecule has 1 aromatic rings. The van der Waals surface area contributed by atoms with E-state index in [1.54, 1.807) is 12.3 Å². The van der Waals surface area contributed by atoms with Crippen molar-refractivity contribution in [2.75, 3.05) is 32.8 Å². The van der Waals surface area contributed by atoms with Crippen LogP contribution in [0.1, 0.15) is 18.4 Å². The van der Waals surface area contributed by atoms with Gasteiger partial charge >= 0.3 is 0 Å². The van der Waals surface area contributed by atoms with E-state index in [4.69, 9.17) is 14.3 Å². The molecule has 0 bridgehead atoms. The molecule has 90 valence electrons. The van der Waals surface area contributed by atoms with Crippen molar-refractivity contribution in [2.24, 2.45) is 0 Å². The highest BCUT2D eigenvalue weighted by Crippen LogP contribution is 2.15. The average Bonchev–Trinajstić information content (AvgIpc) is 2.72. The van der Waals surface area contributed by atoms with Crippen molar-refractivity contribution < 1.29 is 14.3 Å². The summed E-state index contributed by atoms with van der Waals surface area (Å²) in [6.45, 7) is 5.01. The standard InChI is InChI=1S/C12H19NO3/c14-12-9-11(10-16-12)3-1-2-4-13-5-7-15-8-6-13/h9-10,14H,1-8H2. The number of ether oxygens (including phenoxy) is 1. The molecule has 0 saturated carbocycles. The maximum absolute atomic E-state index is 9.02. The highest BCUT2D eigenvalue weighted by Gasteiger charge is 2.09. The quantitative estimate of drug-likeness (QED) is 0.774. The van der Waals surface area contributed by atoms with E-state index in [0.29, 0.717) is 0 Å². The van der Waals surface area contributed by atoms with Crippen molar-refractivity contribution in [2.45, 2.75) is 19.3 Å². The summed E-state index contributed by atoms with van der Waals surface area (Å²) in [6, 6.07) is 1.69. The molecule has 1 aromatic heterocycles. The minimum atomic E-state index is 0.0168. The second-order valence-corrected chi connectivity index (χ2v) is 4.20. The molecule has 1 aliphatic rings. The summed E-state index contributed by atoms with van der Waals surface area (Å²) in [4.78, 5) is 2.44. The molecule has 16 heavy (non-hydrogen) atoms. The minimum Gasteiger partial charge on any atom is -0.481 e. The molecule has 2 rings (SSSR count). The number of aromatic hydroxyl groups is 1. The van der Waals surface area contributed by atoms with Gasteiger partial charge in [-0.05, 0) is 31.4 Å². The van der Waals surface area contributed by atoms with Crippen LogP contribution in [0.4, 0.5) is 0 Å². The Labute approximate surface area is 95.8 Å². The number of rotatable bonds is 5. The fraction of sp³-hybridized carbons (Fsp3) is 0.667. The molecule has 1 N–H and O–H groups in total. The van der Waals surface area contributed by atoms with Gasteiger partial charge in [-0.2, -0.15) is 0 Å². The Hall–Kier alpha value is -1.00. The summed E-state index contributed by atoms with van der Waals surface area (Å²) in [7, 11) is 0. The van der Waals surface area contributed by atoms with Gasteiger partial charge in [0.2, 0.25) is 0 Å². The lowest BCUT2D eigenvalue weighted by Crippen LogP contribution is -2.36. The van der Waals surface area contributed by atoms with Gasteiger partial charge in [0.1, 0.15) is 0 Å². The molecule has 4 heteroatoms. The number of furan rings is 1. The molecular weight excluding hydrogens is 206 g/mol. The van der Waals surface area contributed by atoms with Crippen molar-refractivity contribution in [1.29, 1.82) is 0 Å². The smallest absolute Gasteiger partial charge is 0.281 e. The van der Waals surface area contributed by atoms with Crippen LogP contribution in [0.2, 0.25) is 0 Å². The third-order valence-corrected chi connectivity index (χ3v) is 2.93. The lowest BCUT2D eigenvalue weighted by Gasteiger charge is -2.26. The Morgan fingerprint density at radius 3 is 2.75 bits per heavy atom. The number of hydrogen-bond donors (Lipinski definition) is 1. The summed E-state index contributed by atoms with van der Waals surface area (Å²) >= 11 is 0. The van der Waals surface area contributed by atoms with Crippen molar-refractivity contribution in [1.82, 2.24) is 4.90 Å². The first kappa shape index (κ1) is 11.5. The molecule has 0 aliphatic carbocycles. The fourth-order valence-electron chi connectivity index (χ4n) is 1.98. The average molecular weight is 225 g/mol. The maximum atomic E-state index is 9.02. The van der Waals surface area contributed by atoms with Crippen LogP contribution < -0.4 is 0 Å². The Morgan fingerprint density at radius 1 is 1.25 bits per heavy atom. The summed E-state index contributed by atoms with van der Waals surface area (Å²) in [6.07, 6.45) is 4.93. The Kier molecular flexibility index (Phi) is 4.25. The molecule has 4 nitrogen and oxygen atoms in total. The van der Waals surface area contributed by atoms with Gasteiger partial charge in [-0.1, -0.05) is 0 Å². The van der Waals surface area contributed by atoms with Gasteiger partial charge in [-0.25, -0.2) is 0 Å². The first-order valence-electron chi connectivity index (χ1n) is 5.91. The number of morpholine rings is 1. The highest BCUT2D eigenvalue weighted by atomic mass is 16.5. The molecule has 0 spiro atoms. The zero-order valence-corrected chi connectivity index (χ0v) is 9.52. The van der Waals surface area contributed by atoms with E-state index in [1.807, 2.05) is 0 Å². The molecule has 2 heterocycles. The third-order valence-electron chi connectivity index (χ3n) is 2.93. The topological polar surface area (TPSA) is 45.8 Å². The number of aryl methyl sites for hydroxylation is 1. The van der Waals surface area contributed by atoms with Crippen molar-refractivity contribution >= 4 is 0 Å². The van der Waals surface area contributed by atoms with Gasteiger partial charge in [0.05, 0.1) is 19.5 Å². The first-order valence-corrected chi connectivity index (χ1v) is 5.91. The monoisotopic (exact) mass is 225 g/mol. The lowest BCUT2D eigenvalue weighted by molar-refractivity contribution is 0.0372. The van der Waals surface area contributed by atoms with Crippen LogP contribution in [0.5, 0.6) is 5.95 Å². The van der Waals surface area contributed by atoms with Gasteiger partial charge in [-0.3, -0.25) is 4.90 Å². The van der Waals surface area contributed by atoms with Crippen molar-refractivity contribution in [3.63, 3.8) is 0 Å². The zero-order chi connectivity index (χ0) is 11.2. The van der Waals surface area contributed by atoms with Gasteiger partial charge < -0.3 is 14.3 Å². The third kappa shape index (κ3) is 3.54. The van der Waals surface area contributed by atoms with E-state index in [9.17, 15) is 0 Å². The SMILES string of the molecule is Oc1cc(CCCCN2CCOCC2)co1. The van der Waals surface area contributed by atoms with E-state index < -0.39 is 0 Å². The van der Waals surface area contributed by atoms with Gasteiger partial charge in [0.15, 0.2) is 0 Å². The second-order valence-electron chi connectivity index (χ2n) is 4.20. The highest BCUT2D eigenvalue weighted by molar-refractivity contribution is 5.15. The van der Waals surface area contributed by atoms with E-state index >= 15 is 0 Å². The Morgan fingerprint density at radius 2 is 2.06 bits per heavy atom. The molecule has 0 atom stereocenters. The summed E-state index contributed by atoms with van der Waals surface area (Å²) in [5.74, 6) is 0.0168. The molecular formula is C12H19NO3. The van der Waals surface area contributed by atoms with Crippen LogP contribution >= 0.6 is 0 Å². The predicted octanol–water partition coefficient (Wildman–Crippen LogP) is 1.64. The van der Waals surface area contributed by atoms with Crippen LogP contribution in [0, 0.1) is 0 Å². The molecule has 1 fully saturated rings. The molecule has 0 unspecified atom stereocenters. The maximum Gasteiger partial charge on any atom is 0.281 e. The predicted molar refractivity (Wildman–Crippen MR) is 60.6 cm³/mol. The van der Waals surface area contributed by atoms with Crippen LogP contribution in [0.15, 0.2) is 16.7 Å². The van der Waals surface area contributed by atoms with E-state index in [-0.39, 0.29) is 5.95 Å². The van der Waals surface area contributed by atoms with Crippen LogP contribution in [0.3, 0.4) is 0 Å². The molecule has 1 aliphatic heterocycles. The normalized spacial score (nSPS) is 17.8. The van der Waals surface area contributed by atoms with E-state index in [1.165, 1.54) is 6.42 Å². The Bertz CT molecular complexity index is 305. The molecule has 1 saturated heterocycles. The largest absolute Gasteiger partial charge is 0.481 e. The number of unbranched alkanes of at least 4 members (excludes halogenated alkanes) is 1. The zero-order valence-electron chi connectivity index (χ0n) is 9.52. The summed E-state index contributed by atoms with van der Waals surface area (Å²) in [5, 5.41) is 9.02. The van der Waals surface area contributed by atoms with Crippen LogP contribution in [-0.4, -0.2) is 42.9 Å². The van der Waals surface area contributed by atoms with Gasteiger partial charge in [-0.15, -0.1) is 0 Å². The van der Waals surface area contributed by atoms with Crippen molar-refractivity contribution in [3.8, 4) is 5.95 Å². The van der Waals surface area contributed by atoms with Crippen molar-refractivity contribution in [3.05, 3.63) is 17.9 Å². The second kappa shape index (κ2) is 5.92. The van der Waals surface area contributed by atoms with Gasteiger partial charge in [0, 0.05) is 19.2 Å². The number of hydrogen-bond acceptors (Lipinski definition) is 4. The van der Waals surface area contributed by atoms with Gasteiger partial charge in [0.25, 0.3) is 5.95 Å². The van der Waals surface area contributed by atoms with E-state index in [2.05, 4.69) is 4.90 Å². The molecule has 0 radical (unpaired) electrons. The lowest BCUT2D eigenvalue weighted by atomic mass is 10.1. The number of nitrogens with zero attached hydrogens (tertiary/aromatic N) is 1.